The molecule has 2 saturated heterocycles. The van der Waals surface area contributed by atoms with Gasteiger partial charge >= 0.3 is 4.87 Å². The van der Waals surface area contributed by atoms with Crippen molar-refractivity contribution in [2.75, 3.05) is 12.3 Å². The highest BCUT2D eigenvalue weighted by Gasteiger charge is 2.56. The summed E-state index contributed by atoms with van der Waals surface area (Å²) in [6.07, 6.45) is 2.09. The molecule has 4 heterocycles. The number of thiazole rings is 1. The first-order valence-electron chi connectivity index (χ1n) is 9.68. The predicted molar refractivity (Wildman–Crippen MR) is 102 cm³/mol. The number of aliphatic hydroxyl groups is 1. The Bertz CT molecular complexity index is 967. The molecule has 2 aromatic rings. The Morgan fingerprint density at radius 2 is 1.96 bits per heavy atom. The number of rotatable bonds is 3. The summed E-state index contributed by atoms with van der Waals surface area (Å²) in [6.45, 7) is 3.39. The van der Waals surface area contributed by atoms with Crippen molar-refractivity contribution >= 4 is 27.6 Å². The largest absolute Gasteiger partial charge is 0.394 e. The normalized spacial score (nSPS) is 32.4. The van der Waals surface area contributed by atoms with Gasteiger partial charge in [0, 0.05) is 5.92 Å². The zero-order valence-electron chi connectivity index (χ0n) is 15.8. The SMILES string of the molecule is CC1(C)O[C@@H]2[C@H](O1)[C@@H](CO)O[C@@H]2n1c(=O)sc2c(C3CCCC3)nc(N)nc21. The second-order valence-electron chi connectivity index (χ2n) is 8.15. The molecule has 0 radical (unpaired) electrons. The van der Waals surface area contributed by atoms with Crippen LogP contribution in [-0.2, 0) is 14.2 Å². The Morgan fingerprint density at radius 1 is 1.25 bits per heavy atom. The minimum absolute atomic E-state index is 0.151. The van der Waals surface area contributed by atoms with E-state index in [2.05, 4.69) is 9.97 Å². The summed E-state index contributed by atoms with van der Waals surface area (Å²) in [4.78, 5) is 21.6. The lowest BCUT2D eigenvalue weighted by Crippen LogP contribution is -2.32. The third kappa shape index (κ3) is 2.78. The molecule has 1 saturated carbocycles. The van der Waals surface area contributed by atoms with Crippen LogP contribution in [-0.4, -0.2) is 50.3 Å². The van der Waals surface area contributed by atoms with E-state index in [-0.39, 0.29) is 17.4 Å². The van der Waals surface area contributed by atoms with Gasteiger partial charge in [0.2, 0.25) is 5.95 Å². The second-order valence-corrected chi connectivity index (χ2v) is 9.11. The summed E-state index contributed by atoms with van der Waals surface area (Å²) in [7, 11) is 0. The Morgan fingerprint density at radius 3 is 2.68 bits per heavy atom. The van der Waals surface area contributed by atoms with Crippen molar-refractivity contribution in [2.45, 2.75) is 75.8 Å². The monoisotopic (exact) mass is 408 g/mol. The van der Waals surface area contributed by atoms with Crippen molar-refractivity contribution in [1.29, 1.82) is 0 Å². The van der Waals surface area contributed by atoms with Crippen LogP contribution in [0.1, 0.15) is 57.4 Å². The average Bonchev–Trinajstić information content (AvgIpc) is 3.37. The summed E-state index contributed by atoms with van der Waals surface area (Å²) in [6, 6.07) is 0. The lowest BCUT2D eigenvalue weighted by Gasteiger charge is -2.24. The van der Waals surface area contributed by atoms with Gasteiger partial charge in [0.15, 0.2) is 17.7 Å². The first-order valence-corrected chi connectivity index (χ1v) is 10.5. The van der Waals surface area contributed by atoms with E-state index in [1.54, 1.807) is 0 Å². The van der Waals surface area contributed by atoms with Crippen molar-refractivity contribution in [2.24, 2.45) is 0 Å². The number of nitrogens with two attached hydrogens (primary N) is 1. The van der Waals surface area contributed by atoms with Crippen LogP contribution in [0.3, 0.4) is 0 Å². The number of nitrogen functional groups attached to an aromatic ring is 1. The molecule has 3 N–H and O–H groups in total. The number of ether oxygens (including phenoxy) is 3. The number of aromatic nitrogens is 3. The van der Waals surface area contributed by atoms with Crippen molar-refractivity contribution in [3.05, 3.63) is 15.4 Å². The molecule has 28 heavy (non-hydrogen) atoms. The first-order chi connectivity index (χ1) is 13.4. The van der Waals surface area contributed by atoms with Gasteiger partial charge in [-0.3, -0.25) is 9.36 Å². The van der Waals surface area contributed by atoms with Crippen LogP contribution in [0.4, 0.5) is 5.95 Å². The molecule has 0 spiro atoms. The average molecular weight is 408 g/mol. The number of hydrogen-bond donors (Lipinski definition) is 2. The van der Waals surface area contributed by atoms with E-state index in [1.165, 1.54) is 4.57 Å². The van der Waals surface area contributed by atoms with E-state index in [0.717, 1.165) is 47.4 Å². The Hall–Kier alpha value is -1.59. The maximum atomic E-state index is 13.0. The van der Waals surface area contributed by atoms with Crippen molar-refractivity contribution in [1.82, 2.24) is 14.5 Å². The molecule has 152 valence electrons. The number of hydrogen-bond acceptors (Lipinski definition) is 9. The zero-order chi connectivity index (χ0) is 19.6. The van der Waals surface area contributed by atoms with Crippen LogP contribution in [0.5, 0.6) is 0 Å². The van der Waals surface area contributed by atoms with E-state index in [9.17, 15) is 9.90 Å². The lowest BCUT2D eigenvalue weighted by molar-refractivity contribution is -0.199. The highest BCUT2D eigenvalue weighted by molar-refractivity contribution is 7.16. The molecular weight excluding hydrogens is 384 g/mol. The molecular formula is C18H24N4O5S. The molecule has 2 aromatic heterocycles. The van der Waals surface area contributed by atoms with Gasteiger partial charge in [-0.2, -0.15) is 4.98 Å². The van der Waals surface area contributed by atoms with Crippen molar-refractivity contribution in [3.8, 4) is 0 Å². The standard InChI is InChI=1S/C18H24N4O5S/c1-18(2)26-11-9(7-23)25-15(12(11)27-18)22-14-13(28-17(22)24)10(20-16(19)21-14)8-5-3-4-6-8/h8-9,11-12,15,23H,3-7H2,1-2H3,(H2,19,20,21)/t9-,11-,12-,15+/m1/s1. The molecule has 0 amide bonds. The predicted octanol–water partition coefficient (Wildman–Crippen LogP) is 1.50. The van der Waals surface area contributed by atoms with Crippen molar-refractivity contribution < 1.29 is 19.3 Å². The Balaban J connectivity index is 1.63. The molecule has 4 atom stereocenters. The maximum absolute atomic E-state index is 13.0. The van der Waals surface area contributed by atoms with Gasteiger partial charge in [-0.05, 0) is 26.7 Å². The number of anilines is 1. The maximum Gasteiger partial charge on any atom is 0.311 e. The molecule has 1 aliphatic carbocycles. The number of nitrogens with zero attached hydrogens (tertiary/aromatic N) is 3. The van der Waals surface area contributed by atoms with Crippen LogP contribution in [0, 0.1) is 0 Å². The molecule has 3 fully saturated rings. The molecule has 10 heteroatoms. The van der Waals surface area contributed by atoms with E-state index in [4.69, 9.17) is 19.9 Å². The summed E-state index contributed by atoms with van der Waals surface area (Å²) in [5, 5.41) is 9.72. The van der Waals surface area contributed by atoms with E-state index >= 15 is 0 Å². The Labute approximate surface area is 165 Å². The molecule has 2 aliphatic heterocycles. The smallest absolute Gasteiger partial charge is 0.311 e. The number of aliphatic hydroxyl groups excluding tert-OH is 1. The van der Waals surface area contributed by atoms with Gasteiger partial charge in [-0.15, -0.1) is 0 Å². The minimum Gasteiger partial charge on any atom is -0.394 e. The molecule has 3 aliphatic rings. The highest BCUT2D eigenvalue weighted by Crippen LogP contribution is 2.44. The van der Waals surface area contributed by atoms with E-state index in [1.807, 2.05) is 13.8 Å². The van der Waals surface area contributed by atoms with Crippen molar-refractivity contribution in [3.63, 3.8) is 0 Å². The minimum atomic E-state index is -0.816. The van der Waals surface area contributed by atoms with Gasteiger partial charge in [0.05, 0.1) is 17.0 Å². The number of fused-ring (bicyclic) bond motifs is 2. The van der Waals surface area contributed by atoms with Crippen LogP contribution < -0.4 is 10.6 Å². The quantitative estimate of drug-likeness (QED) is 0.784. The molecule has 0 bridgehead atoms. The van der Waals surface area contributed by atoms with Crippen LogP contribution in [0.15, 0.2) is 4.79 Å². The molecule has 5 rings (SSSR count). The zero-order valence-corrected chi connectivity index (χ0v) is 16.6. The van der Waals surface area contributed by atoms with E-state index < -0.39 is 30.3 Å². The van der Waals surface area contributed by atoms with Crippen LogP contribution in [0.25, 0.3) is 10.3 Å². The van der Waals surface area contributed by atoms with Gasteiger partial charge in [-0.25, -0.2) is 4.98 Å². The summed E-state index contributed by atoms with van der Waals surface area (Å²) >= 11 is 1.12. The summed E-state index contributed by atoms with van der Waals surface area (Å²) in [5.41, 5.74) is 7.33. The lowest BCUT2D eigenvalue weighted by atomic mass is 10.0. The summed E-state index contributed by atoms with van der Waals surface area (Å²) < 4.78 is 20.2. The third-order valence-corrected chi connectivity index (χ3v) is 6.77. The highest BCUT2D eigenvalue weighted by atomic mass is 32.1. The third-order valence-electron chi connectivity index (χ3n) is 5.81. The van der Waals surface area contributed by atoms with E-state index in [0.29, 0.717) is 11.6 Å². The fourth-order valence-corrected chi connectivity index (χ4v) is 5.69. The van der Waals surface area contributed by atoms with Gasteiger partial charge in [0.25, 0.3) is 0 Å². The molecule has 0 aromatic carbocycles. The fraction of sp³-hybridized carbons (Fsp3) is 0.722. The topological polar surface area (TPSA) is 122 Å². The Kier molecular flexibility index (Phi) is 4.25. The molecule has 9 nitrogen and oxygen atoms in total. The van der Waals surface area contributed by atoms with Gasteiger partial charge < -0.3 is 25.1 Å². The van der Waals surface area contributed by atoms with Crippen LogP contribution >= 0.6 is 11.3 Å². The van der Waals surface area contributed by atoms with Gasteiger partial charge in [-0.1, -0.05) is 24.2 Å². The second kappa shape index (κ2) is 6.46. The summed E-state index contributed by atoms with van der Waals surface area (Å²) in [5.74, 6) is -0.367. The molecule has 0 unspecified atom stereocenters. The first kappa shape index (κ1) is 18.4. The van der Waals surface area contributed by atoms with Gasteiger partial charge in [0.1, 0.15) is 18.3 Å². The van der Waals surface area contributed by atoms with Crippen LogP contribution in [0.2, 0.25) is 0 Å². The fourth-order valence-electron chi connectivity index (χ4n) is 4.67.